The molecule has 0 spiro atoms. The van der Waals surface area contributed by atoms with Crippen LogP contribution in [0.4, 0.5) is 9.93 Å². The van der Waals surface area contributed by atoms with Gasteiger partial charge >= 0.3 is 6.03 Å². The molecule has 11 nitrogen and oxygen atoms in total. The number of thiazole rings is 1. The summed E-state index contributed by atoms with van der Waals surface area (Å²) >= 11 is 1.38. The highest BCUT2D eigenvalue weighted by molar-refractivity contribution is 7.22. The van der Waals surface area contributed by atoms with Crippen LogP contribution in [0.25, 0.3) is 10.2 Å². The first-order valence-corrected chi connectivity index (χ1v) is 15.1. The third-order valence-corrected chi connectivity index (χ3v) is 8.76. The van der Waals surface area contributed by atoms with Gasteiger partial charge in [-0.3, -0.25) is 9.59 Å². The number of piperazine rings is 1. The number of para-hydroxylation sites is 1. The molecule has 0 radical (unpaired) electrons. The number of hydrogen-bond donors (Lipinski definition) is 3. The molecule has 4 amide bonds. The molecule has 44 heavy (non-hydrogen) atoms. The lowest BCUT2D eigenvalue weighted by Gasteiger charge is -2.55. The molecule has 3 aromatic carbocycles. The third-order valence-electron chi connectivity index (χ3n) is 7.91. The number of nitrogens with two attached hydrogens (primary N) is 1. The highest BCUT2D eigenvalue weighted by Gasteiger charge is 2.51. The molecule has 0 saturated carbocycles. The minimum absolute atomic E-state index is 0.0853. The molecule has 226 valence electrons. The molecule has 12 heteroatoms. The number of hydrogen-bond acceptors (Lipinski definition) is 8. The summed E-state index contributed by atoms with van der Waals surface area (Å²) in [5.74, 6) is -0.381. The van der Waals surface area contributed by atoms with E-state index in [0.717, 1.165) is 26.9 Å². The molecule has 2 aliphatic heterocycles. The van der Waals surface area contributed by atoms with E-state index >= 15 is 0 Å². The summed E-state index contributed by atoms with van der Waals surface area (Å²) in [7, 11) is 0. The minimum atomic E-state index is -0.874. The Morgan fingerprint density at radius 2 is 1.84 bits per heavy atom. The summed E-state index contributed by atoms with van der Waals surface area (Å²) in [5.41, 5.74) is 9.27. The van der Waals surface area contributed by atoms with Gasteiger partial charge in [0.15, 0.2) is 5.13 Å². The number of phenols is 1. The van der Waals surface area contributed by atoms with Crippen molar-refractivity contribution in [1.82, 2.24) is 30.1 Å². The van der Waals surface area contributed by atoms with E-state index in [-0.39, 0.29) is 56.2 Å². The first-order valence-electron chi connectivity index (χ1n) is 14.3. The zero-order valence-electron chi connectivity index (χ0n) is 24.0. The maximum Gasteiger partial charge on any atom is 0.334 e. The number of carbonyl (C=O) groups excluding carboxylic acids is 3. The van der Waals surface area contributed by atoms with Crippen LogP contribution in [0.5, 0.6) is 5.75 Å². The Balaban J connectivity index is 1.37. The number of aromatic nitrogens is 1. The van der Waals surface area contributed by atoms with Crippen LogP contribution >= 0.6 is 11.3 Å². The van der Waals surface area contributed by atoms with Gasteiger partial charge in [0.1, 0.15) is 18.0 Å². The minimum Gasteiger partial charge on any atom is -0.508 e. The molecule has 4 aromatic rings. The van der Waals surface area contributed by atoms with E-state index in [2.05, 4.69) is 16.9 Å². The molecule has 1 aromatic heterocycles. The molecule has 2 atom stereocenters. The van der Waals surface area contributed by atoms with Crippen molar-refractivity contribution in [3.8, 4) is 5.75 Å². The normalized spacial score (nSPS) is 18.9. The van der Waals surface area contributed by atoms with Gasteiger partial charge in [-0.05, 0) is 34.9 Å². The summed E-state index contributed by atoms with van der Waals surface area (Å²) in [6.07, 6.45) is 1.09. The van der Waals surface area contributed by atoms with Crippen LogP contribution in [0.1, 0.15) is 16.7 Å². The smallest absolute Gasteiger partial charge is 0.334 e. The predicted octanol–water partition coefficient (Wildman–Crippen LogP) is 3.32. The first-order chi connectivity index (χ1) is 21.3. The molecule has 0 aliphatic carbocycles. The zero-order chi connectivity index (χ0) is 30.8. The van der Waals surface area contributed by atoms with Crippen molar-refractivity contribution in [1.29, 1.82) is 0 Å². The van der Waals surface area contributed by atoms with Gasteiger partial charge in [0.2, 0.25) is 11.8 Å². The fourth-order valence-corrected chi connectivity index (χ4v) is 6.69. The van der Waals surface area contributed by atoms with Crippen LogP contribution in [0.15, 0.2) is 85.5 Å². The Morgan fingerprint density at radius 3 is 2.59 bits per heavy atom. The quantitative estimate of drug-likeness (QED) is 0.260. The van der Waals surface area contributed by atoms with Crippen molar-refractivity contribution in [2.75, 3.05) is 25.4 Å². The van der Waals surface area contributed by atoms with Gasteiger partial charge in [0, 0.05) is 26.1 Å². The fourth-order valence-electron chi connectivity index (χ4n) is 5.91. The number of benzene rings is 3. The maximum atomic E-state index is 14.2. The monoisotopic (exact) mass is 611 g/mol. The van der Waals surface area contributed by atoms with Crippen molar-refractivity contribution in [3.05, 3.63) is 102 Å². The van der Waals surface area contributed by atoms with Crippen molar-refractivity contribution in [3.63, 3.8) is 0 Å². The summed E-state index contributed by atoms with van der Waals surface area (Å²) in [6, 6.07) is 20.6. The van der Waals surface area contributed by atoms with Crippen LogP contribution in [-0.2, 0) is 29.1 Å². The van der Waals surface area contributed by atoms with Gasteiger partial charge < -0.3 is 26.0 Å². The highest BCUT2D eigenvalue weighted by Crippen LogP contribution is 2.32. The largest absolute Gasteiger partial charge is 0.508 e. The molecule has 2 saturated heterocycles. The number of nitrogens with zero attached hydrogens (tertiary/aromatic N) is 5. The standard InChI is InChI=1S/C32H33N7O4S/c1-2-15-37-20-28(41)38-25(16-21-11-13-24(40)14-12-21)30(42)36(18-23-9-6-10-26-29(23)35-31(33)44-26)19-27(38)39(37)32(43)34-17-22-7-4-3-5-8-22/h2-14,25,27,40H,1,15-20H2,(H2,33,35)(H,34,43)/t25-,27?/m0/s1. The van der Waals surface area contributed by atoms with E-state index < -0.39 is 12.2 Å². The third kappa shape index (κ3) is 5.81. The van der Waals surface area contributed by atoms with Gasteiger partial charge in [-0.15, -0.1) is 6.58 Å². The van der Waals surface area contributed by atoms with E-state index in [1.54, 1.807) is 50.2 Å². The Labute approximate surface area is 258 Å². The number of hydrazine groups is 1. The lowest BCUT2D eigenvalue weighted by atomic mass is 9.98. The highest BCUT2D eigenvalue weighted by atomic mass is 32.1. The summed E-state index contributed by atoms with van der Waals surface area (Å²) in [4.78, 5) is 49.6. The van der Waals surface area contributed by atoms with Gasteiger partial charge in [-0.25, -0.2) is 19.8 Å². The van der Waals surface area contributed by atoms with Crippen LogP contribution in [0, 0.1) is 0 Å². The maximum absolute atomic E-state index is 14.2. The second kappa shape index (κ2) is 12.3. The predicted molar refractivity (Wildman–Crippen MR) is 168 cm³/mol. The number of anilines is 1. The number of rotatable bonds is 8. The van der Waals surface area contributed by atoms with Gasteiger partial charge in [0.05, 0.1) is 23.3 Å². The number of nitrogens with one attached hydrogen (secondary N) is 1. The molecule has 0 bridgehead atoms. The average molecular weight is 612 g/mol. The van der Waals surface area contributed by atoms with Crippen molar-refractivity contribution >= 4 is 44.5 Å². The Hall–Kier alpha value is -4.94. The SMILES string of the molecule is C=CCN1CC(=O)N2C(CN(Cc3cccc4sc(N)nc34)C(=O)[C@@H]2Cc2ccc(O)cc2)N1C(=O)NCc1ccccc1. The molecule has 2 fully saturated rings. The number of amides is 4. The van der Waals surface area contributed by atoms with Crippen LogP contribution in [-0.4, -0.2) is 79.6 Å². The number of fused-ring (bicyclic) bond motifs is 2. The first kappa shape index (κ1) is 29.1. The van der Waals surface area contributed by atoms with Crippen molar-refractivity contribution < 1.29 is 19.5 Å². The number of urea groups is 1. The lowest BCUT2D eigenvalue weighted by Crippen LogP contribution is -2.76. The Bertz CT molecular complexity index is 1690. The summed E-state index contributed by atoms with van der Waals surface area (Å²) in [5, 5.41) is 16.5. The molecule has 3 heterocycles. The molecular weight excluding hydrogens is 578 g/mol. The second-order valence-electron chi connectivity index (χ2n) is 10.8. The lowest BCUT2D eigenvalue weighted by molar-refractivity contribution is -0.189. The fraction of sp³-hybridized carbons (Fsp3) is 0.250. The van der Waals surface area contributed by atoms with Crippen molar-refractivity contribution in [2.24, 2.45) is 0 Å². The Kier molecular flexibility index (Phi) is 8.18. The van der Waals surface area contributed by atoms with E-state index in [0.29, 0.717) is 11.7 Å². The van der Waals surface area contributed by atoms with Gasteiger partial charge in [-0.2, -0.15) is 0 Å². The number of aromatic hydroxyl groups is 1. The van der Waals surface area contributed by atoms with E-state index in [9.17, 15) is 19.5 Å². The molecule has 6 rings (SSSR count). The van der Waals surface area contributed by atoms with E-state index in [4.69, 9.17) is 5.73 Å². The average Bonchev–Trinajstić information content (AvgIpc) is 3.41. The van der Waals surface area contributed by atoms with Crippen molar-refractivity contribution in [2.45, 2.75) is 31.7 Å². The molecular formula is C32H33N7O4S. The second-order valence-corrected chi connectivity index (χ2v) is 11.9. The number of carbonyl (C=O) groups is 3. The topological polar surface area (TPSA) is 135 Å². The summed E-state index contributed by atoms with van der Waals surface area (Å²) in [6.45, 7) is 4.64. The molecule has 2 aliphatic rings. The summed E-state index contributed by atoms with van der Waals surface area (Å²) < 4.78 is 0.915. The Morgan fingerprint density at radius 1 is 1.07 bits per heavy atom. The number of nitrogen functional groups attached to an aromatic ring is 1. The van der Waals surface area contributed by atoms with Crippen LogP contribution in [0.2, 0.25) is 0 Å². The zero-order valence-corrected chi connectivity index (χ0v) is 24.8. The van der Waals surface area contributed by atoms with Crippen LogP contribution in [0.3, 0.4) is 0 Å². The van der Waals surface area contributed by atoms with E-state index in [1.807, 2.05) is 48.5 Å². The molecule has 1 unspecified atom stereocenters. The number of phenolic OH excluding ortho intramolecular Hbond substituents is 1. The van der Waals surface area contributed by atoms with Gasteiger partial charge in [0.25, 0.3) is 0 Å². The molecule has 4 N–H and O–H groups in total. The van der Waals surface area contributed by atoms with E-state index in [1.165, 1.54) is 11.3 Å². The van der Waals surface area contributed by atoms with Crippen LogP contribution < -0.4 is 11.1 Å². The van der Waals surface area contributed by atoms with Gasteiger partial charge in [-0.1, -0.05) is 72.0 Å².